The normalized spacial score (nSPS) is 19.5. The van der Waals surface area contributed by atoms with E-state index in [0.717, 1.165) is 6.07 Å². The summed E-state index contributed by atoms with van der Waals surface area (Å²) in [6.07, 6.45) is -0.215. The number of hydrogen-bond acceptors (Lipinski definition) is 5. The molecule has 4 rings (SSSR count). The summed E-state index contributed by atoms with van der Waals surface area (Å²) in [4.78, 5) is 40.2. The molecule has 0 saturated heterocycles. The molecule has 0 unspecified atom stereocenters. The standard InChI is InChI=1S/C21H21F2N3O5/c1-3-25-9-12-7-14(31-2)16-15(18(27)19(28)17(21(25)30)26(12)16)20(29)24-8-10-4-5-11(22)6-13(10)23/h4-6,12,14,28H,3,7-9H2,1-2H3,(H,24,29)/t12-,14-/m1/s1. The molecule has 8 nitrogen and oxygen atoms in total. The number of ether oxygens (including phenoxy) is 1. The van der Waals surface area contributed by atoms with Crippen molar-refractivity contribution in [2.24, 2.45) is 0 Å². The maximum Gasteiger partial charge on any atom is 0.274 e. The topological polar surface area (TPSA) is 101 Å². The molecule has 10 heteroatoms. The van der Waals surface area contributed by atoms with Crippen molar-refractivity contribution >= 4 is 11.8 Å². The van der Waals surface area contributed by atoms with E-state index in [4.69, 9.17) is 4.74 Å². The maximum absolute atomic E-state index is 13.9. The van der Waals surface area contributed by atoms with Gasteiger partial charge in [0, 0.05) is 44.8 Å². The van der Waals surface area contributed by atoms with Gasteiger partial charge in [-0.2, -0.15) is 0 Å². The summed E-state index contributed by atoms with van der Waals surface area (Å²) in [7, 11) is 1.43. The number of carbonyl (C=O) groups excluding carboxylic acids is 2. The Kier molecular flexibility index (Phi) is 5.26. The number of methoxy groups -OCH3 is 1. The van der Waals surface area contributed by atoms with Crippen LogP contribution in [0, 0.1) is 11.6 Å². The minimum atomic E-state index is -0.993. The first-order valence-electron chi connectivity index (χ1n) is 9.84. The number of rotatable bonds is 5. The summed E-state index contributed by atoms with van der Waals surface area (Å²) >= 11 is 0. The van der Waals surface area contributed by atoms with Crippen LogP contribution in [0.25, 0.3) is 0 Å². The predicted octanol–water partition coefficient (Wildman–Crippen LogP) is 1.87. The Labute approximate surface area is 176 Å². The SMILES string of the molecule is CCN1C[C@H]2C[C@@H](OC)c3c(C(=O)NCc4ccc(F)cc4F)c(=O)c(O)c(n32)C1=O. The van der Waals surface area contributed by atoms with Crippen molar-refractivity contribution in [3.05, 3.63) is 62.6 Å². The Balaban J connectivity index is 1.77. The molecule has 164 valence electrons. The van der Waals surface area contributed by atoms with E-state index in [1.807, 2.05) is 0 Å². The number of nitrogens with one attached hydrogen (secondary N) is 1. The van der Waals surface area contributed by atoms with E-state index in [0.29, 0.717) is 25.6 Å². The predicted molar refractivity (Wildman–Crippen MR) is 105 cm³/mol. The van der Waals surface area contributed by atoms with Gasteiger partial charge in [-0.15, -0.1) is 0 Å². The quantitative estimate of drug-likeness (QED) is 0.750. The number of halogens is 2. The van der Waals surface area contributed by atoms with Crippen LogP contribution in [-0.2, 0) is 11.3 Å². The average Bonchev–Trinajstić information content (AvgIpc) is 3.10. The third-order valence-corrected chi connectivity index (χ3v) is 5.85. The van der Waals surface area contributed by atoms with Gasteiger partial charge in [-0.25, -0.2) is 8.78 Å². The van der Waals surface area contributed by atoms with Crippen LogP contribution in [0.1, 0.15) is 57.6 Å². The van der Waals surface area contributed by atoms with Crippen LogP contribution in [0.2, 0.25) is 0 Å². The van der Waals surface area contributed by atoms with Gasteiger partial charge in [0.1, 0.15) is 23.3 Å². The lowest BCUT2D eigenvalue weighted by Gasteiger charge is -2.33. The molecule has 1 aromatic heterocycles. The van der Waals surface area contributed by atoms with Gasteiger partial charge in [0.05, 0.1) is 11.7 Å². The van der Waals surface area contributed by atoms with Crippen LogP contribution in [-0.4, -0.2) is 46.6 Å². The highest BCUT2D eigenvalue weighted by molar-refractivity contribution is 6.00. The maximum atomic E-state index is 13.9. The highest BCUT2D eigenvalue weighted by Crippen LogP contribution is 2.43. The molecular weight excluding hydrogens is 412 g/mol. The van der Waals surface area contributed by atoms with Crippen molar-refractivity contribution in [2.45, 2.75) is 32.0 Å². The van der Waals surface area contributed by atoms with Gasteiger partial charge in [0.2, 0.25) is 5.43 Å². The van der Waals surface area contributed by atoms with Gasteiger partial charge in [0.15, 0.2) is 11.4 Å². The number of aromatic nitrogens is 1. The number of amides is 2. The molecule has 0 saturated carbocycles. The van der Waals surface area contributed by atoms with E-state index in [9.17, 15) is 28.3 Å². The fourth-order valence-electron chi connectivity index (χ4n) is 4.33. The van der Waals surface area contributed by atoms with Gasteiger partial charge in [-0.05, 0) is 13.0 Å². The first kappa shape index (κ1) is 21.0. The minimum absolute atomic E-state index is 0.0309. The Morgan fingerprint density at radius 3 is 2.71 bits per heavy atom. The fourth-order valence-corrected chi connectivity index (χ4v) is 4.33. The van der Waals surface area contributed by atoms with Crippen molar-refractivity contribution in [1.82, 2.24) is 14.8 Å². The summed E-state index contributed by atoms with van der Waals surface area (Å²) in [5, 5.41) is 13.0. The van der Waals surface area contributed by atoms with E-state index in [2.05, 4.69) is 5.32 Å². The summed E-state index contributed by atoms with van der Waals surface area (Å²) in [6.45, 7) is 2.26. The zero-order chi connectivity index (χ0) is 22.4. The Morgan fingerprint density at radius 1 is 1.32 bits per heavy atom. The largest absolute Gasteiger partial charge is 0.503 e. The molecule has 1 aromatic carbocycles. The van der Waals surface area contributed by atoms with Gasteiger partial charge >= 0.3 is 0 Å². The number of likely N-dealkylation sites (N-methyl/N-ethyl adjacent to an activating group) is 1. The summed E-state index contributed by atoms with van der Waals surface area (Å²) in [5.41, 5.74) is -1.25. The first-order valence-corrected chi connectivity index (χ1v) is 9.84. The molecule has 2 aliphatic heterocycles. The van der Waals surface area contributed by atoms with Crippen molar-refractivity contribution in [2.75, 3.05) is 20.2 Å². The van der Waals surface area contributed by atoms with Crippen molar-refractivity contribution in [3.63, 3.8) is 0 Å². The van der Waals surface area contributed by atoms with Crippen LogP contribution >= 0.6 is 0 Å². The highest BCUT2D eigenvalue weighted by atomic mass is 19.1. The molecule has 3 heterocycles. The smallest absolute Gasteiger partial charge is 0.274 e. The minimum Gasteiger partial charge on any atom is -0.503 e. The second-order valence-electron chi connectivity index (χ2n) is 7.53. The summed E-state index contributed by atoms with van der Waals surface area (Å²) in [6, 6.07) is 2.67. The third-order valence-electron chi connectivity index (χ3n) is 5.85. The molecule has 0 aliphatic carbocycles. The molecule has 2 N–H and O–H groups in total. The molecule has 2 aromatic rings. The van der Waals surface area contributed by atoms with Crippen LogP contribution in [0.3, 0.4) is 0 Å². The highest BCUT2D eigenvalue weighted by Gasteiger charge is 2.45. The molecule has 0 bridgehead atoms. The van der Waals surface area contributed by atoms with Crippen molar-refractivity contribution < 1.29 is 28.2 Å². The monoisotopic (exact) mass is 433 g/mol. The fraction of sp³-hybridized carbons (Fsp3) is 0.381. The number of benzene rings is 1. The van der Waals surface area contributed by atoms with E-state index in [1.54, 1.807) is 6.92 Å². The number of carbonyl (C=O) groups is 2. The zero-order valence-electron chi connectivity index (χ0n) is 16.9. The van der Waals surface area contributed by atoms with Crippen LogP contribution in [0.5, 0.6) is 5.75 Å². The molecule has 0 spiro atoms. The van der Waals surface area contributed by atoms with Gasteiger partial charge < -0.3 is 24.6 Å². The van der Waals surface area contributed by atoms with Gasteiger partial charge in [-0.1, -0.05) is 6.07 Å². The Hall–Kier alpha value is -3.27. The van der Waals surface area contributed by atoms with E-state index in [1.165, 1.54) is 22.6 Å². The second-order valence-corrected chi connectivity index (χ2v) is 7.53. The van der Waals surface area contributed by atoms with Crippen LogP contribution in [0.15, 0.2) is 23.0 Å². The van der Waals surface area contributed by atoms with E-state index >= 15 is 0 Å². The Morgan fingerprint density at radius 2 is 2.06 bits per heavy atom. The lowest BCUT2D eigenvalue weighted by atomic mass is 10.1. The number of aromatic hydroxyl groups is 1. The lowest BCUT2D eigenvalue weighted by molar-refractivity contribution is 0.0653. The number of hydrogen-bond donors (Lipinski definition) is 2. The molecule has 0 fully saturated rings. The number of pyridine rings is 1. The third kappa shape index (κ3) is 3.27. The summed E-state index contributed by atoms with van der Waals surface area (Å²) in [5.74, 6) is -3.73. The van der Waals surface area contributed by atoms with Crippen molar-refractivity contribution in [1.29, 1.82) is 0 Å². The van der Waals surface area contributed by atoms with Gasteiger partial charge in [0.25, 0.3) is 11.8 Å². The van der Waals surface area contributed by atoms with Crippen LogP contribution in [0.4, 0.5) is 8.78 Å². The molecule has 0 radical (unpaired) electrons. The second kappa shape index (κ2) is 7.77. The van der Waals surface area contributed by atoms with E-state index in [-0.39, 0.29) is 35.1 Å². The zero-order valence-corrected chi connectivity index (χ0v) is 16.9. The lowest BCUT2D eigenvalue weighted by Crippen LogP contribution is -2.44. The first-order chi connectivity index (χ1) is 14.8. The average molecular weight is 433 g/mol. The van der Waals surface area contributed by atoms with Crippen molar-refractivity contribution in [3.8, 4) is 5.75 Å². The molecule has 2 aliphatic rings. The van der Waals surface area contributed by atoms with Gasteiger partial charge in [-0.3, -0.25) is 14.4 Å². The summed E-state index contributed by atoms with van der Waals surface area (Å²) < 4.78 is 34.0. The molecule has 2 atom stereocenters. The van der Waals surface area contributed by atoms with Crippen LogP contribution < -0.4 is 10.7 Å². The molecule has 31 heavy (non-hydrogen) atoms. The Bertz CT molecular complexity index is 1150. The molecule has 2 amide bonds. The van der Waals surface area contributed by atoms with E-state index < -0.39 is 40.7 Å². The molecular formula is C21H21F2N3O5. The number of nitrogens with zero attached hydrogens (tertiary/aromatic N) is 2.